The first-order valence-electron chi connectivity index (χ1n) is 12.3. The molecule has 0 saturated heterocycles. The van der Waals surface area contributed by atoms with Crippen molar-refractivity contribution < 1.29 is 0 Å². The fourth-order valence-corrected chi connectivity index (χ4v) is 5.90. The summed E-state index contributed by atoms with van der Waals surface area (Å²) in [4.78, 5) is 9.99. The largest absolute Gasteiger partial charge is 0.292 e. The van der Waals surface area contributed by atoms with Crippen LogP contribution in [0.2, 0.25) is 0 Å². The molecular formula is C33H21N3. The van der Waals surface area contributed by atoms with Gasteiger partial charge in [0, 0.05) is 10.8 Å². The van der Waals surface area contributed by atoms with E-state index in [9.17, 15) is 0 Å². The zero-order valence-electron chi connectivity index (χ0n) is 19.7. The quantitative estimate of drug-likeness (QED) is 0.230. The smallest absolute Gasteiger partial charge is 0.159 e. The third-order valence-electron chi connectivity index (χ3n) is 7.47. The molecule has 2 aromatic heterocycles. The molecule has 0 N–H and O–H groups in total. The van der Waals surface area contributed by atoms with Crippen LogP contribution in [0, 0.1) is 6.92 Å². The maximum absolute atomic E-state index is 5.09. The lowest BCUT2D eigenvalue weighted by atomic mass is 9.94. The average Bonchev–Trinajstić information content (AvgIpc) is 3.26. The fourth-order valence-electron chi connectivity index (χ4n) is 5.90. The number of fused-ring (bicyclic) bond motifs is 10. The fraction of sp³-hybridized carbons (Fsp3) is 0.0303. The van der Waals surface area contributed by atoms with Crippen molar-refractivity contribution in [3.8, 4) is 5.82 Å². The van der Waals surface area contributed by atoms with E-state index in [1.165, 1.54) is 43.1 Å². The molecule has 3 nitrogen and oxygen atoms in total. The predicted molar refractivity (Wildman–Crippen MR) is 151 cm³/mol. The second kappa shape index (κ2) is 7.12. The van der Waals surface area contributed by atoms with E-state index in [1.807, 2.05) is 24.3 Å². The number of hydrogen-bond donors (Lipinski definition) is 0. The Morgan fingerprint density at radius 1 is 0.472 bits per heavy atom. The van der Waals surface area contributed by atoms with Gasteiger partial charge in [0.25, 0.3) is 0 Å². The van der Waals surface area contributed by atoms with Crippen LogP contribution < -0.4 is 0 Å². The molecule has 8 aromatic rings. The molecule has 0 aliphatic rings. The average molecular weight is 460 g/mol. The van der Waals surface area contributed by atoms with E-state index >= 15 is 0 Å². The van der Waals surface area contributed by atoms with Crippen LogP contribution in [0.1, 0.15) is 5.69 Å². The van der Waals surface area contributed by atoms with E-state index in [2.05, 4.69) is 96.4 Å². The Labute approximate surface area is 207 Å². The molecule has 0 radical (unpaired) electrons. The third kappa shape index (κ3) is 2.57. The number of nitrogens with zero attached hydrogens (tertiary/aromatic N) is 3. The molecular weight excluding hydrogens is 438 g/mol. The van der Waals surface area contributed by atoms with Crippen molar-refractivity contribution in [3.05, 3.63) is 115 Å². The molecule has 0 aliphatic heterocycles. The second-order valence-corrected chi connectivity index (χ2v) is 9.48. The highest BCUT2D eigenvalue weighted by atomic mass is 15.1. The molecule has 2 heterocycles. The summed E-state index contributed by atoms with van der Waals surface area (Å²) in [5.41, 5.74) is 5.04. The van der Waals surface area contributed by atoms with Crippen molar-refractivity contribution >= 4 is 65.2 Å². The first-order valence-corrected chi connectivity index (χ1v) is 12.3. The summed E-state index contributed by atoms with van der Waals surface area (Å²) in [6.07, 6.45) is 0. The lowest BCUT2D eigenvalue weighted by Gasteiger charge is -2.12. The molecule has 0 unspecified atom stereocenters. The standard InChI is InChI=1S/C33H21N3/c1-20-33(35-28-12-6-5-11-27(28)34-20)36-29-13-7-4-10-26(29)32-25-17-16-22-15-14-21-8-2-3-9-23(21)31(22)24(25)18-19-30(32)36/h2-19H,1H3. The van der Waals surface area contributed by atoms with Crippen molar-refractivity contribution in [2.24, 2.45) is 0 Å². The van der Waals surface area contributed by atoms with E-state index < -0.39 is 0 Å². The molecule has 0 spiro atoms. The summed E-state index contributed by atoms with van der Waals surface area (Å²) in [6, 6.07) is 38.9. The summed E-state index contributed by atoms with van der Waals surface area (Å²) in [7, 11) is 0. The van der Waals surface area contributed by atoms with E-state index in [-0.39, 0.29) is 0 Å². The highest BCUT2D eigenvalue weighted by molar-refractivity contribution is 6.29. The highest BCUT2D eigenvalue weighted by Gasteiger charge is 2.18. The van der Waals surface area contributed by atoms with Crippen molar-refractivity contribution in [1.82, 2.24) is 14.5 Å². The predicted octanol–water partition coefficient (Wildman–Crippen LogP) is 8.49. The lowest BCUT2D eigenvalue weighted by molar-refractivity contribution is 1.03. The van der Waals surface area contributed by atoms with Crippen LogP contribution >= 0.6 is 0 Å². The topological polar surface area (TPSA) is 30.7 Å². The third-order valence-corrected chi connectivity index (χ3v) is 7.47. The molecule has 168 valence electrons. The molecule has 8 rings (SSSR count). The number of rotatable bonds is 1. The zero-order valence-corrected chi connectivity index (χ0v) is 19.7. The minimum absolute atomic E-state index is 0.880. The van der Waals surface area contributed by atoms with E-state index in [4.69, 9.17) is 9.97 Å². The van der Waals surface area contributed by atoms with Crippen molar-refractivity contribution in [3.63, 3.8) is 0 Å². The summed E-state index contributed by atoms with van der Waals surface area (Å²) < 4.78 is 2.28. The first-order chi connectivity index (χ1) is 17.8. The van der Waals surface area contributed by atoms with Gasteiger partial charge < -0.3 is 0 Å². The minimum Gasteiger partial charge on any atom is -0.292 e. The van der Waals surface area contributed by atoms with Crippen LogP contribution in [0.25, 0.3) is 71.0 Å². The zero-order chi connectivity index (χ0) is 23.8. The summed E-state index contributed by atoms with van der Waals surface area (Å²) in [6.45, 7) is 2.05. The summed E-state index contributed by atoms with van der Waals surface area (Å²) in [5.74, 6) is 0.880. The Morgan fingerprint density at radius 3 is 2.00 bits per heavy atom. The number of aromatic nitrogens is 3. The van der Waals surface area contributed by atoms with Crippen LogP contribution in [-0.2, 0) is 0 Å². The Hall–Kier alpha value is -4.76. The van der Waals surface area contributed by atoms with Gasteiger partial charge in [-0.2, -0.15) is 0 Å². The van der Waals surface area contributed by atoms with Gasteiger partial charge in [-0.3, -0.25) is 4.57 Å². The SMILES string of the molecule is Cc1nc2ccccc2nc1-n1c2ccccc2c2c3ccc4ccc5ccccc5c4c3ccc21. The van der Waals surface area contributed by atoms with Crippen molar-refractivity contribution in [2.75, 3.05) is 0 Å². The van der Waals surface area contributed by atoms with Gasteiger partial charge in [0.15, 0.2) is 5.82 Å². The van der Waals surface area contributed by atoms with Crippen LogP contribution in [0.15, 0.2) is 109 Å². The van der Waals surface area contributed by atoms with Gasteiger partial charge >= 0.3 is 0 Å². The van der Waals surface area contributed by atoms with Gasteiger partial charge in [-0.15, -0.1) is 0 Å². The Morgan fingerprint density at radius 2 is 1.11 bits per heavy atom. The van der Waals surface area contributed by atoms with E-state index in [0.29, 0.717) is 0 Å². The van der Waals surface area contributed by atoms with Gasteiger partial charge in [0.1, 0.15) is 0 Å². The number of para-hydroxylation sites is 3. The molecule has 3 heteroatoms. The molecule has 0 saturated carbocycles. The van der Waals surface area contributed by atoms with Crippen LogP contribution in [0.4, 0.5) is 0 Å². The molecule has 36 heavy (non-hydrogen) atoms. The second-order valence-electron chi connectivity index (χ2n) is 9.48. The lowest BCUT2D eigenvalue weighted by Crippen LogP contribution is -2.03. The first kappa shape index (κ1) is 19.5. The highest BCUT2D eigenvalue weighted by Crippen LogP contribution is 2.40. The van der Waals surface area contributed by atoms with Gasteiger partial charge in [0.05, 0.1) is 27.8 Å². The molecule has 0 amide bonds. The van der Waals surface area contributed by atoms with Gasteiger partial charge in [-0.1, -0.05) is 84.9 Å². The number of hydrogen-bond acceptors (Lipinski definition) is 2. The normalized spacial score (nSPS) is 12.0. The minimum atomic E-state index is 0.880. The Bertz CT molecular complexity index is 2170. The van der Waals surface area contributed by atoms with Gasteiger partial charge in [0.2, 0.25) is 0 Å². The van der Waals surface area contributed by atoms with Crippen molar-refractivity contribution in [2.45, 2.75) is 6.92 Å². The van der Waals surface area contributed by atoms with E-state index in [1.54, 1.807) is 0 Å². The summed E-state index contributed by atoms with van der Waals surface area (Å²) in [5, 5.41) is 10.2. The number of aryl methyl sites for hydroxylation is 1. The Balaban J connectivity index is 1.57. The molecule has 6 aromatic carbocycles. The molecule has 0 fully saturated rings. The molecule has 0 aliphatic carbocycles. The Kier molecular flexibility index (Phi) is 3.87. The monoisotopic (exact) mass is 459 g/mol. The molecule has 0 bridgehead atoms. The van der Waals surface area contributed by atoms with Crippen LogP contribution in [0.3, 0.4) is 0 Å². The van der Waals surface area contributed by atoms with Crippen molar-refractivity contribution in [1.29, 1.82) is 0 Å². The molecule has 0 atom stereocenters. The number of benzene rings is 6. The maximum Gasteiger partial charge on any atom is 0.159 e. The van der Waals surface area contributed by atoms with Crippen LogP contribution in [0.5, 0.6) is 0 Å². The van der Waals surface area contributed by atoms with Gasteiger partial charge in [-0.25, -0.2) is 9.97 Å². The van der Waals surface area contributed by atoms with Crippen LogP contribution in [-0.4, -0.2) is 14.5 Å². The van der Waals surface area contributed by atoms with E-state index in [0.717, 1.165) is 33.6 Å². The summed E-state index contributed by atoms with van der Waals surface area (Å²) >= 11 is 0. The maximum atomic E-state index is 5.09. The van der Waals surface area contributed by atoms with Gasteiger partial charge in [-0.05, 0) is 63.5 Å².